The molecule has 3 heteroatoms. The van der Waals surface area contributed by atoms with Gasteiger partial charge in [-0.25, -0.2) is 0 Å². The van der Waals surface area contributed by atoms with Crippen LogP contribution in [0.4, 0.5) is 0 Å². The Morgan fingerprint density at radius 1 is 0.794 bits per heavy atom. The van der Waals surface area contributed by atoms with E-state index in [1.165, 1.54) is 0 Å². The molecule has 0 aliphatic carbocycles. The summed E-state index contributed by atoms with van der Waals surface area (Å²) in [5.41, 5.74) is 9.53. The van der Waals surface area contributed by atoms with E-state index in [9.17, 15) is 0 Å². The number of aromatic nitrogens is 1. The van der Waals surface area contributed by atoms with Crippen LogP contribution in [0.1, 0.15) is 30.5 Å². The molecule has 0 fully saturated rings. The molecular formula is C31H29NOS. The van der Waals surface area contributed by atoms with Crippen LogP contribution in [-0.4, -0.2) is 4.57 Å². The van der Waals surface area contributed by atoms with Crippen molar-refractivity contribution in [1.82, 2.24) is 4.57 Å². The first-order valence-corrected chi connectivity index (χ1v) is 11.7. The van der Waals surface area contributed by atoms with Crippen molar-refractivity contribution < 1.29 is 4.74 Å². The largest absolute Gasteiger partial charge is 0.489 e. The van der Waals surface area contributed by atoms with E-state index in [-0.39, 0.29) is 0 Å². The summed E-state index contributed by atoms with van der Waals surface area (Å²) in [4.78, 5) is 0. The first-order valence-electron chi connectivity index (χ1n) is 11.3. The summed E-state index contributed by atoms with van der Waals surface area (Å²) in [6.45, 7) is 12.9. The lowest BCUT2D eigenvalue weighted by Crippen LogP contribution is -1.97. The number of aryl methyl sites for hydroxylation is 1. The average Bonchev–Trinajstić information content (AvgIpc) is 2.84. The van der Waals surface area contributed by atoms with Gasteiger partial charge in [-0.05, 0) is 72.0 Å². The van der Waals surface area contributed by atoms with Gasteiger partial charge in [0.15, 0.2) is 0 Å². The number of pyridine rings is 1. The number of nitrogens with zero attached hydrogens (tertiary/aromatic N) is 1. The zero-order chi connectivity index (χ0) is 24.2. The molecule has 0 aliphatic heterocycles. The van der Waals surface area contributed by atoms with E-state index in [2.05, 4.69) is 72.6 Å². The molecule has 0 atom stereocenters. The predicted octanol–water partition coefficient (Wildman–Crippen LogP) is 8.73. The Bertz CT molecular complexity index is 1380. The van der Waals surface area contributed by atoms with Crippen molar-refractivity contribution in [1.29, 1.82) is 0 Å². The van der Waals surface area contributed by atoms with E-state index < -0.39 is 0 Å². The summed E-state index contributed by atoms with van der Waals surface area (Å²) in [5, 5.41) is 0. The molecule has 1 heterocycles. The molecule has 0 saturated heterocycles. The van der Waals surface area contributed by atoms with Gasteiger partial charge >= 0.3 is 0 Å². The summed E-state index contributed by atoms with van der Waals surface area (Å²) in [7, 11) is 2.03. The SMILES string of the molecule is C=C(C)c1cc(C(=C)C)cc(-c2cn(C)cc(-c3ccc(OCc4ccccc4)cc3)c2=S)c1. The number of allylic oxidation sites excluding steroid dienone is 2. The van der Waals surface area contributed by atoms with Crippen LogP contribution in [0.15, 0.2) is 98.3 Å². The Hall–Kier alpha value is -3.69. The third kappa shape index (κ3) is 5.27. The maximum atomic E-state index is 5.99. The summed E-state index contributed by atoms with van der Waals surface area (Å²) in [6.07, 6.45) is 4.16. The van der Waals surface area contributed by atoms with Crippen LogP contribution < -0.4 is 4.74 Å². The van der Waals surface area contributed by atoms with Gasteiger partial charge in [-0.1, -0.05) is 79.0 Å². The molecule has 0 aliphatic rings. The van der Waals surface area contributed by atoms with Crippen molar-refractivity contribution in [2.75, 3.05) is 0 Å². The van der Waals surface area contributed by atoms with Gasteiger partial charge in [0.25, 0.3) is 0 Å². The van der Waals surface area contributed by atoms with E-state index in [1.54, 1.807) is 0 Å². The molecule has 4 rings (SSSR count). The summed E-state index contributed by atoms with van der Waals surface area (Å²) in [6, 6.07) is 24.8. The first kappa shape index (κ1) is 23.5. The molecule has 0 saturated carbocycles. The molecule has 0 amide bonds. The van der Waals surface area contributed by atoms with Crippen molar-refractivity contribution in [3.05, 3.63) is 120 Å². The van der Waals surface area contributed by atoms with Gasteiger partial charge in [-0.15, -0.1) is 0 Å². The second kappa shape index (κ2) is 10.1. The minimum atomic E-state index is 0.543. The number of benzene rings is 3. The molecule has 34 heavy (non-hydrogen) atoms. The first-order chi connectivity index (χ1) is 16.3. The quantitative estimate of drug-likeness (QED) is 0.254. The monoisotopic (exact) mass is 463 g/mol. The van der Waals surface area contributed by atoms with Crippen molar-refractivity contribution in [3.8, 4) is 28.0 Å². The molecule has 0 bridgehead atoms. The van der Waals surface area contributed by atoms with E-state index in [1.807, 2.05) is 51.2 Å². The second-order valence-electron chi connectivity index (χ2n) is 8.74. The van der Waals surface area contributed by atoms with Gasteiger partial charge in [0, 0.05) is 30.6 Å². The zero-order valence-electron chi connectivity index (χ0n) is 20.0. The molecule has 3 aromatic carbocycles. The molecule has 0 N–H and O–H groups in total. The van der Waals surface area contributed by atoms with E-state index >= 15 is 0 Å². The van der Waals surface area contributed by atoms with Crippen molar-refractivity contribution in [2.24, 2.45) is 7.05 Å². The highest BCUT2D eigenvalue weighted by Gasteiger charge is 2.11. The minimum absolute atomic E-state index is 0.543. The molecule has 1 aromatic heterocycles. The topological polar surface area (TPSA) is 14.2 Å². The molecule has 0 radical (unpaired) electrons. The van der Waals surface area contributed by atoms with Crippen LogP contribution in [0.5, 0.6) is 5.75 Å². The van der Waals surface area contributed by atoms with Crippen LogP contribution in [-0.2, 0) is 13.7 Å². The van der Waals surface area contributed by atoms with Crippen LogP contribution >= 0.6 is 12.2 Å². The number of hydrogen-bond acceptors (Lipinski definition) is 2. The molecule has 2 nitrogen and oxygen atoms in total. The fourth-order valence-electron chi connectivity index (χ4n) is 3.87. The summed E-state index contributed by atoms with van der Waals surface area (Å²) in [5.74, 6) is 0.833. The maximum absolute atomic E-state index is 5.99. The highest BCUT2D eigenvalue weighted by molar-refractivity contribution is 7.71. The fraction of sp³-hybridized carbons (Fsp3) is 0.129. The van der Waals surface area contributed by atoms with E-state index in [0.717, 1.165) is 60.3 Å². The van der Waals surface area contributed by atoms with Gasteiger partial charge in [0.2, 0.25) is 0 Å². The fourth-order valence-corrected chi connectivity index (χ4v) is 4.21. The number of rotatable bonds is 7. The summed E-state index contributed by atoms with van der Waals surface area (Å²) >= 11 is 5.99. The highest BCUT2D eigenvalue weighted by Crippen LogP contribution is 2.33. The second-order valence-corrected chi connectivity index (χ2v) is 9.15. The van der Waals surface area contributed by atoms with Gasteiger partial charge in [-0.2, -0.15) is 0 Å². The molecular weight excluding hydrogens is 434 g/mol. The molecule has 0 spiro atoms. The van der Waals surface area contributed by atoms with E-state index in [0.29, 0.717) is 6.61 Å². The lowest BCUT2D eigenvalue weighted by Gasteiger charge is -2.14. The lowest BCUT2D eigenvalue weighted by molar-refractivity contribution is 0.306. The van der Waals surface area contributed by atoms with Gasteiger partial charge in [0.1, 0.15) is 12.4 Å². The molecule has 170 valence electrons. The third-order valence-corrected chi connectivity index (χ3v) is 6.24. The third-order valence-electron chi connectivity index (χ3n) is 5.80. The van der Waals surface area contributed by atoms with E-state index in [4.69, 9.17) is 17.0 Å². The standard InChI is InChI=1S/C31H29NOS/c1-21(2)25-15-26(22(3)4)17-27(16-25)30-19-32(5)18-29(31(30)34)24-11-13-28(14-12-24)33-20-23-9-7-6-8-10-23/h6-19H,1,3,20H2,2,4-5H3. The Labute approximate surface area is 207 Å². The van der Waals surface area contributed by atoms with Crippen molar-refractivity contribution in [3.63, 3.8) is 0 Å². The Kier molecular flexibility index (Phi) is 6.95. The molecule has 4 aromatic rings. The van der Waals surface area contributed by atoms with Crippen molar-refractivity contribution >= 4 is 23.4 Å². The van der Waals surface area contributed by atoms with Crippen LogP contribution in [0, 0.1) is 4.51 Å². The Balaban J connectivity index is 1.69. The van der Waals surface area contributed by atoms with Crippen molar-refractivity contribution in [2.45, 2.75) is 20.5 Å². The predicted molar refractivity (Wildman–Crippen MR) is 147 cm³/mol. The molecule has 0 unspecified atom stereocenters. The Morgan fingerprint density at radius 3 is 1.91 bits per heavy atom. The normalized spacial score (nSPS) is 10.7. The zero-order valence-corrected chi connectivity index (χ0v) is 20.8. The number of ether oxygens (including phenoxy) is 1. The average molecular weight is 464 g/mol. The van der Waals surface area contributed by atoms with Crippen LogP contribution in [0.2, 0.25) is 0 Å². The van der Waals surface area contributed by atoms with Gasteiger partial charge < -0.3 is 9.30 Å². The van der Waals surface area contributed by atoms with Crippen LogP contribution in [0.3, 0.4) is 0 Å². The van der Waals surface area contributed by atoms with Gasteiger partial charge in [0.05, 0.1) is 4.51 Å². The Morgan fingerprint density at radius 2 is 1.35 bits per heavy atom. The van der Waals surface area contributed by atoms with Crippen LogP contribution in [0.25, 0.3) is 33.4 Å². The maximum Gasteiger partial charge on any atom is 0.119 e. The highest BCUT2D eigenvalue weighted by atomic mass is 32.1. The minimum Gasteiger partial charge on any atom is -0.489 e. The smallest absolute Gasteiger partial charge is 0.119 e. The number of hydrogen-bond donors (Lipinski definition) is 0. The van der Waals surface area contributed by atoms with Gasteiger partial charge in [-0.3, -0.25) is 0 Å². The lowest BCUT2D eigenvalue weighted by atomic mass is 9.94. The summed E-state index contributed by atoms with van der Waals surface area (Å²) < 4.78 is 8.84.